The van der Waals surface area contributed by atoms with Gasteiger partial charge >= 0.3 is 5.97 Å². The average molecular weight is 490 g/mol. The molecule has 1 aromatic heterocycles. The molecule has 0 bridgehead atoms. The van der Waals surface area contributed by atoms with Gasteiger partial charge in [-0.3, -0.25) is 0 Å². The molecule has 36 heavy (non-hydrogen) atoms. The van der Waals surface area contributed by atoms with Gasteiger partial charge in [0.2, 0.25) is 5.88 Å². The van der Waals surface area contributed by atoms with E-state index in [2.05, 4.69) is 46.4 Å². The van der Waals surface area contributed by atoms with Crippen LogP contribution in [0.15, 0.2) is 54.6 Å². The van der Waals surface area contributed by atoms with Crippen molar-refractivity contribution in [3.63, 3.8) is 0 Å². The van der Waals surface area contributed by atoms with Crippen LogP contribution in [0.25, 0.3) is 17.0 Å². The molecule has 3 N–H and O–H groups in total. The zero-order chi connectivity index (χ0) is 25.5. The number of piperidine rings is 1. The maximum atomic E-state index is 11.2. The molecule has 0 saturated carbocycles. The maximum Gasteiger partial charge on any atom is 0.328 e. The van der Waals surface area contributed by atoms with Crippen molar-refractivity contribution >= 4 is 22.9 Å². The normalized spacial score (nSPS) is 16.0. The number of pyridine rings is 1. The van der Waals surface area contributed by atoms with Crippen LogP contribution in [-0.4, -0.2) is 58.9 Å². The number of carboxylic acid groups (broad SMARTS) is 1. The zero-order valence-corrected chi connectivity index (χ0v) is 21.0. The molecule has 1 unspecified atom stereocenters. The molecule has 1 aliphatic heterocycles. The van der Waals surface area contributed by atoms with Crippen molar-refractivity contribution in [1.29, 1.82) is 0 Å². The lowest BCUT2D eigenvalue weighted by atomic mass is 9.98. The molecule has 0 radical (unpaired) electrons. The van der Waals surface area contributed by atoms with E-state index >= 15 is 0 Å². The number of aryl methyl sites for hydroxylation is 1. The van der Waals surface area contributed by atoms with E-state index in [0.717, 1.165) is 55.9 Å². The first kappa shape index (κ1) is 25.8. The van der Waals surface area contributed by atoms with Crippen molar-refractivity contribution in [2.45, 2.75) is 44.9 Å². The lowest BCUT2D eigenvalue weighted by Crippen LogP contribution is -2.43. The minimum atomic E-state index is -1.01. The second kappa shape index (κ2) is 12.1. The van der Waals surface area contributed by atoms with Gasteiger partial charge in [0.25, 0.3) is 0 Å². The molecule has 0 aliphatic carbocycles. The predicted octanol–water partition coefficient (Wildman–Crippen LogP) is 4.19. The number of aliphatic carboxylic acids is 1. The number of aliphatic hydroxyl groups is 1. The average Bonchev–Trinajstić information content (AvgIpc) is 2.91. The fourth-order valence-electron chi connectivity index (χ4n) is 4.75. The van der Waals surface area contributed by atoms with E-state index in [-0.39, 0.29) is 0 Å². The molecular formula is C29H35N3O4. The Balaban J connectivity index is 1.38. The van der Waals surface area contributed by atoms with E-state index in [9.17, 15) is 9.90 Å². The Bertz CT molecular complexity index is 1200. The number of nitrogens with zero attached hydrogens (tertiary/aromatic N) is 2. The van der Waals surface area contributed by atoms with Gasteiger partial charge < -0.3 is 25.2 Å². The van der Waals surface area contributed by atoms with Crippen molar-refractivity contribution in [2.75, 3.05) is 26.7 Å². The first-order valence-corrected chi connectivity index (χ1v) is 12.6. The SMILES string of the molecule is CCc1ccc(CNC2CCN(CC(O)c3ccc(/C=C/C(=O)O)c4ccc(OC)nc34)CC2)cc1. The summed E-state index contributed by atoms with van der Waals surface area (Å²) in [6.45, 7) is 5.39. The van der Waals surface area contributed by atoms with E-state index in [0.29, 0.717) is 29.5 Å². The van der Waals surface area contributed by atoms with Crippen LogP contribution in [0.1, 0.15) is 48.1 Å². The zero-order valence-electron chi connectivity index (χ0n) is 21.0. The van der Waals surface area contributed by atoms with Crippen molar-refractivity contribution < 1.29 is 19.7 Å². The number of hydrogen-bond donors (Lipinski definition) is 3. The minimum absolute atomic E-state index is 0.450. The summed E-state index contributed by atoms with van der Waals surface area (Å²) in [5.41, 5.74) is 4.74. The van der Waals surface area contributed by atoms with Gasteiger partial charge in [-0.15, -0.1) is 0 Å². The number of rotatable bonds is 10. The molecule has 1 atom stereocenters. The number of carbonyl (C=O) groups is 1. The van der Waals surface area contributed by atoms with E-state index < -0.39 is 12.1 Å². The Kier molecular flexibility index (Phi) is 8.70. The number of carboxylic acids is 1. The summed E-state index contributed by atoms with van der Waals surface area (Å²) in [5, 5.41) is 24.6. The summed E-state index contributed by atoms with van der Waals surface area (Å²) in [6, 6.07) is 16.5. The number of likely N-dealkylation sites (tertiary alicyclic amines) is 1. The quantitative estimate of drug-likeness (QED) is 0.368. The summed E-state index contributed by atoms with van der Waals surface area (Å²) >= 11 is 0. The Hall–Kier alpha value is -3.26. The molecule has 1 saturated heterocycles. The summed E-state index contributed by atoms with van der Waals surface area (Å²) in [7, 11) is 1.55. The largest absolute Gasteiger partial charge is 0.481 e. The summed E-state index contributed by atoms with van der Waals surface area (Å²) in [4.78, 5) is 17.9. The Labute approximate surface area is 212 Å². The van der Waals surface area contributed by atoms with Gasteiger partial charge in [0.05, 0.1) is 18.7 Å². The van der Waals surface area contributed by atoms with Gasteiger partial charge in [-0.2, -0.15) is 0 Å². The third-order valence-electron chi connectivity index (χ3n) is 6.91. The molecule has 7 nitrogen and oxygen atoms in total. The minimum Gasteiger partial charge on any atom is -0.481 e. The molecule has 2 aromatic carbocycles. The van der Waals surface area contributed by atoms with E-state index in [4.69, 9.17) is 9.84 Å². The maximum absolute atomic E-state index is 11.2. The summed E-state index contributed by atoms with van der Waals surface area (Å²) < 4.78 is 5.30. The van der Waals surface area contributed by atoms with Gasteiger partial charge in [-0.1, -0.05) is 43.3 Å². The first-order chi connectivity index (χ1) is 17.5. The number of benzene rings is 2. The molecule has 3 aromatic rings. The van der Waals surface area contributed by atoms with Gasteiger partial charge in [0.15, 0.2) is 0 Å². The fraction of sp³-hybridized carbons (Fsp3) is 0.379. The number of hydrogen-bond acceptors (Lipinski definition) is 6. The molecule has 0 spiro atoms. The Morgan fingerprint density at radius 2 is 1.86 bits per heavy atom. The van der Waals surface area contributed by atoms with Gasteiger partial charge in [-0.05, 0) is 61.2 Å². The van der Waals surface area contributed by atoms with Crippen molar-refractivity contribution in [3.05, 3.63) is 76.9 Å². The second-order valence-electron chi connectivity index (χ2n) is 9.31. The standard InChI is InChI=1S/C29H35N3O4/c1-3-20-4-6-21(7-5-20)18-30-23-14-16-32(17-15-23)19-26(33)25-10-8-22(9-13-28(34)35)24-11-12-27(36-2)31-29(24)25/h4-13,23,26,30,33H,3,14-19H2,1-2H3,(H,34,35)/b13-9+. The highest BCUT2D eigenvalue weighted by Gasteiger charge is 2.23. The van der Waals surface area contributed by atoms with Crippen molar-refractivity contribution in [3.8, 4) is 5.88 Å². The highest BCUT2D eigenvalue weighted by Crippen LogP contribution is 2.29. The van der Waals surface area contributed by atoms with Crippen LogP contribution in [0.2, 0.25) is 0 Å². The van der Waals surface area contributed by atoms with Crippen LogP contribution in [0.4, 0.5) is 0 Å². The molecule has 4 rings (SSSR count). The van der Waals surface area contributed by atoms with E-state index in [1.54, 1.807) is 19.3 Å². The third kappa shape index (κ3) is 6.49. The topological polar surface area (TPSA) is 94.9 Å². The van der Waals surface area contributed by atoms with E-state index in [1.807, 2.05) is 18.2 Å². The molecule has 1 aliphatic rings. The predicted molar refractivity (Wildman–Crippen MR) is 142 cm³/mol. The van der Waals surface area contributed by atoms with Crippen molar-refractivity contribution in [2.24, 2.45) is 0 Å². The number of aromatic nitrogens is 1. The van der Waals surface area contributed by atoms with Crippen LogP contribution >= 0.6 is 0 Å². The lowest BCUT2D eigenvalue weighted by molar-refractivity contribution is -0.131. The van der Waals surface area contributed by atoms with Gasteiger partial charge in [0, 0.05) is 42.2 Å². The summed E-state index contributed by atoms with van der Waals surface area (Å²) in [5.74, 6) is -0.562. The van der Waals surface area contributed by atoms with Crippen LogP contribution in [0.3, 0.4) is 0 Å². The number of aliphatic hydroxyl groups excluding tert-OH is 1. The number of fused-ring (bicyclic) bond motifs is 1. The first-order valence-electron chi connectivity index (χ1n) is 12.6. The number of ether oxygens (including phenoxy) is 1. The fourth-order valence-corrected chi connectivity index (χ4v) is 4.75. The van der Waals surface area contributed by atoms with Crippen LogP contribution in [-0.2, 0) is 17.8 Å². The van der Waals surface area contributed by atoms with Crippen molar-refractivity contribution in [1.82, 2.24) is 15.2 Å². The second-order valence-corrected chi connectivity index (χ2v) is 9.31. The van der Waals surface area contributed by atoms with Crippen LogP contribution in [0, 0.1) is 0 Å². The molecule has 190 valence electrons. The number of β-amino-alcohol motifs (C(OH)–C–C–N with tert-alkyl or cyclic N) is 1. The van der Waals surface area contributed by atoms with Crippen LogP contribution in [0.5, 0.6) is 5.88 Å². The molecule has 0 amide bonds. The molecule has 2 heterocycles. The number of methoxy groups -OCH3 is 1. The lowest BCUT2D eigenvalue weighted by Gasteiger charge is -2.33. The Morgan fingerprint density at radius 3 is 2.53 bits per heavy atom. The smallest absolute Gasteiger partial charge is 0.328 e. The molecule has 1 fully saturated rings. The third-order valence-corrected chi connectivity index (χ3v) is 6.91. The number of nitrogens with one attached hydrogen (secondary N) is 1. The highest BCUT2D eigenvalue weighted by atomic mass is 16.5. The summed E-state index contributed by atoms with van der Waals surface area (Å²) in [6.07, 6.45) is 5.06. The molecule has 7 heteroatoms. The Morgan fingerprint density at radius 1 is 1.14 bits per heavy atom. The monoisotopic (exact) mass is 489 g/mol. The van der Waals surface area contributed by atoms with Gasteiger partial charge in [-0.25, -0.2) is 9.78 Å². The van der Waals surface area contributed by atoms with E-state index in [1.165, 1.54) is 11.1 Å². The van der Waals surface area contributed by atoms with Crippen LogP contribution < -0.4 is 10.1 Å². The van der Waals surface area contributed by atoms with Gasteiger partial charge in [0.1, 0.15) is 0 Å². The molecular weight excluding hydrogens is 454 g/mol. The highest BCUT2D eigenvalue weighted by molar-refractivity contribution is 5.94.